The van der Waals surface area contributed by atoms with Crippen molar-refractivity contribution in [1.29, 1.82) is 0 Å². The molecule has 0 amide bonds. The van der Waals surface area contributed by atoms with Gasteiger partial charge < -0.3 is 59.4 Å². The Morgan fingerprint density at radius 3 is 1.91 bits per heavy atom. The van der Waals surface area contributed by atoms with Gasteiger partial charge in [0, 0.05) is 13.0 Å². The van der Waals surface area contributed by atoms with E-state index >= 15 is 0 Å². The van der Waals surface area contributed by atoms with Crippen molar-refractivity contribution >= 4 is 5.97 Å². The number of hydrogen-bond acceptors (Lipinski definition) is 13. The molecule has 2 saturated heterocycles. The molecule has 2 heterocycles. The fourth-order valence-corrected chi connectivity index (χ4v) is 4.07. The van der Waals surface area contributed by atoms with E-state index in [9.17, 15) is 40.5 Å². The normalized spacial score (nSPS) is 37.8. The third-order valence-electron chi connectivity index (χ3n) is 6.25. The van der Waals surface area contributed by atoms with Gasteiger partial charge in [0.15, 0.2) is 12.6 Å². The molecule has 2 rings (SSSR count). The molecule has 0 bridgehead atoms. The van der Waals surface area contributed by atoms with Crippen LogP contribution in [0.25, 0.3) is 0 Å². The largest absolute Gasteiger partial charge is 0.469 e. The Balaban J connectivity index is 1.77. The van der Waals surface area contributed by atoms with E-state index in [2.05, 4.69) is 4.74 Å². The van der Waals surface area contributed by atoms with Crippen LogP contribution in [0, 0.1) is 0 Å². The van der Waals surface area contributed by atoms with Crippen LogP contribution in [0.3, 0.4) is 0 Å². The quantitative estimate of drug-likeness (QED) is 0.0953. The lowest BCUT2D eigenvalue weighted by molar-refractivity contribution is -0.359. The molecule has 2 fully saturated rings. The second-order valence-corrected chi connectivity index (χ2v) is 8.82. The fourth-order valence-electron chi connectivity index (χ4n) is 4.07. The van der Waals surface area contributed by atoms with Gasteiger partial charge in [0.05, 0.1) is 20.3 Å². The summed E-state index contributed by atoms with van der Waals surface area (Å²) in [5, 5.41) is 70.0. The molecule has 0 spiro atoms. The molecule has 10 atom stereocenters. The topological polar surface area (TPSA) is 205 Å². The zero-order chi connectivity index (χ0) is 26.0. The van der Waals surface area contributed by atoms with Crippen LogP contribution < -0.4 is 0 Å². The number of methoxy groups -OCH3 is 1. The van der Waals surface area contributed by atoms with Crippen molar-refractivity contribution in [2.75, 3.05) is 26.9 Å². The molecule has 13 nitrogen and oxygen atoms in total. The van der Waals surface area contributed by atoms with Crippen LogP contribution in [0.15, 0.2) is 0 Å². The van der Waals surface area contributed by atoms with E-state index < -0.39 is 74.6 Å². The Kier molecular flexibility index (Phi) is 13.2. The van der Waals surface area contributed by atoms with Crippen molar-refractivity contribution in [3.8, 4) is 0 Å². The van der Waals surface area contributed by atoms with Gasteiger partial charge in [-0.1, -0.05) is 25.7 Å². The first kappa shape index (κ1) is 30.3. The number of ether oxygens (including phenoxy) is 5. The van der Waals surface area contributed by atoms with Gasteiger partial charge in [-0.3, -0.25) is 4.79 Å². The number of rotatable bonds is 14. The number of esters is 1. The molecular weight excluding hydrogens is 472 g/mol. The Morgan fingerprint density at radius 1 is 0.714 bits per heavy atom. The number of aliphatic hydroxyl groups excluding tert-OH is 7. The van der Waals surface area contributed by atoms with E-state index in [-0.39, 0.29) is 12.6 Å². The van der Waals surface area contributed by atoms with E-state index in [4.69, 9.17) is 18.9 Å². The third kappa shape index (κ3) is 8.54. The van der Waals surface area contributed by atoms with Crippen LogP contribution in [-0.2, 0) is 28.5 Å². The van der Waals surface area contributed by atoms with Gasteiger partial charge in [0.2, 0.25) is 0 Å². The highest BCUT2D eigenvalue weighted by Gasteiger charge is 2.50. The van der Waals surface area contributed by atoms with Crippen molar-refractivity contribution < 1.29 is 64.2 Å². The first-order valence-electron chi connectivity index (χ1n) is 12.0. The molecule has 13 heteroatoms. The summed E-state index contributed by atoms with van der Waals surface area (Å²) >= 11 is 0. The van der Waals surface area contributed by atoms with E-state index in [1.54, 1.807) is 0 Å². The predicted molar refractivity (Wildman–Crippen MR) is 117 cm³/mol. The molecule has 0 aromatic heterocycles. The van der Waals surface area contributed by atoms with E-state index in [1.807, 2.05) is 0 Å². The number of hydrogen-bond donors (Lipinski definition) is 7. The molecule has 0 saturated carbocycles. The number of carbonyl (C=O) groups excluding carboxylic acids is 1. The van der Waals surface area contributed by atoms with Gasteiger partial charge in [-0.15, -0.1) is 0 Å². The summed E-state index contributed by atoms with van der Waals surface area (Å²) in [4.78, 5) is 11.1. The lowest BCUT2D eigenvalue weighted by Gasteiger charge is -2.45. The Bertz CT molecular complexity index is 604. The van der Waals surface area contributed by atoms with Crippen LogP contribution in [0.2, 0.25) is 0 Å². The SMILES string of the molecule is COC(=O)CCCCCCCCO[C@@H]1O[C@H](CO)[C@@H](O[C@@H]2O[C@H](CO)[C@H](O)[C@H](O)[C@H]2O)[C@H](O)[C@H]1O. The molecule has 2 aliphatic heterocycles. The highest BCUT2D eigenvalue weighted by atomic mass is 16.7. The summed E-state index contributed by atoms with van der Waals surface area (Å²) in [5.41, 5.74) is 0. The van der Waals surface area contributed by atoms with Crippen molar-refractivity contribution in [2.45, 2.75) is 106 Å². The van der Waals surface area contributed by atoms with Crippen LogP contribution in [0.1, 0.15) is 44.9 Å². The highest BCUT2D eigenvalue weighted by molar-refractivity contribution is 5.68. The average Bonchev–Trinajstić information content (AvgIpc) is 2.86. The van der Waals surface area contributed by atoms with Crippen LogP contribution in [0.5, 0.6) is 0 Å². The average molecular weight is 513 g/mol. The summed E-state index contributed by atoms with van der Waals surface area (Å²) in [7, 11) is 1.37. The number of carbonyl (C=O) groups is 1. The van der Waals surface area contributed by atoms with Crippen LogP contribution in [-0.4, -0.2) is 130 Å². The molecule has 0 radical (unpaired) electrons. The zero-order valence-corrected chi connectivity index (χ0v) is 19.9. The first-order valence-corrected chi connectivity index (χ1v) is 12.0. The Morgan fingerprint density at radius 2 is 1.29 bits per heavy atom. The van der Waals surface area contributed by atoms with Gasteiger partial charge in [0.1, 0.15) is 48.8 Å². The molecule has 35 heavy (non-hydrogen) atoms. The maximum Gasteiger partial charge on any atom is 0.305 e. The lowest BCUT2D eigenvalue weighted by Crippen LogP contribution is -2.64. The number of aliphatic hydroxyl groups is 7. The first-order chi connectivity index (χ1) is 16.7. The van der Waals surface area contributed by atoms with E-state index in [1.165, 1.54) is 7.11 Å². The minimum absolute atomic E-state index is 0.214. The summed E-state index contributed by atoms with van der Waals surface area (Å²) in [6, 6.07) is 0. The van der Waals surface area contributed by atoms with Crippen molar-refractivity contribution in [1.82, 2.24) is 0 Å². The van der Waals surface area contributed by atoms with E-state index in [0.717, 1.165) is 32.1 Å². The van der Waals surface area contributed by atoms with Crippen LogP contribution in [0.4, 0.5) is 0 Å². The fraction of sp³-hybridized carbons (Fsp3) is 0.955. The lowest BCUT2D eigenvalue weighted by atomic mass is 9.97. The molecule has 0 aromatic rings. The van der Waals surface area contributed by atoms with Crippen molar-refractivity contribution in [2.24, 2.45) is 0 Å². The smallest absolute Gasteiger partial charge is 0.305 e. The van der Waals surface area contributed by atoms with Crippen molar-refractivity contribution in [3.05, 3.63) is 0 Å². The number of unbranched alkanes of at least 4 members (excludes halogenated alkanes) is 5. The molecule has 0 aliphatic carbocycles. The second-order valence-electron chi connectivity index (χ2n) is 8.82. The van der Waals surface area contributed by atoms with Gasteiger partial charge >= 0.3 is 5.97 Å². The molecule has 206 valence electrons. The molecular formula is C22H40O13. The summed E-state index contributed by atoms with van der Waals surface area (Å²) in [6.07, 6.45) is -9.11. The monoisotopic (exact) mass is 512 g/mol. The predicted octanol–water partition coefficient (Wildman–Crippen LogP) is -2.47. The minimum Gasteiger partial charge on any atom is -0.469 e. The van der Waals surface area contributed by atoms with Gasteiger partial charge in [-0.25, -0.2) is 0 Å². The summed E-state index contributed by atoms with van der Waals surface area (Å²) in [5.74, 6) is -0.214. The van der Waals surface area contributed by atoms with Gasteiger partial charge in [0.25, 0.3) is 0 Å². The summed E-state index contributed by atoms with van der Waals surface area (Å²) in [6.45, 7) is -1.03. The van der Waals surface area contributed by atoms with E-state index in [0.29, 0.717) is 12.8 Å². The molecule has 2 aliphatic rings. The van der Waals surface area contributed by atoms with Gasteiger partial charge in [-0.05, 0) is 12.8 Å². The Labute approximate surface area is 204 Å². The zero-order valence-electron chi connectivity index (χ0n) is 19.9. The molecule has 0 aromatic carbocycles. The third-order valence-corrected chi connectivity index (χ3v) is 6.25. The van der Waals surface area contributed by atoms with Gasteiger partial charge in [-0.2, -0.15) is 0 Å². The second kappa shape index (κ2) is 15.3. The molecule has 7 N–H and O–H groups in total. The van der Waals surface area contributed by atoms with Crippen LogP contribution >= 0.6 is 0 Å². The molecule has 0 unspecified atom stereocenters. The Hall–Kier alpha value is -0.970. The maximum atomic E-state index is 11.1. The summed E-state index contributed by atoms with van der Waals surface area (Å²) < 4.78 is 26.5. The minimum atomic E-state index is -1.72. The highest BCUT2D eigenvalue weighted by Crippen LogP contribution is 2.29. The maximum absolute atomic E-state index is 11.1. The van der Waals surface area contributed by atoms with Crippen molar-refractivity contribution in [3.63, 3.8) is 0 Å². The standard InChI is InChI=1S/C22H40O13/c1-31-14(25)8-6-4-2-3-5-7-9-32-21-19(30)17(28)20(13(11-24)34-21)35-22-18(29)16(27)15(26)12(10-23)33-22/h12-13,15-24,26-30H,2-11H2,1H3/t12-,13-,15+,16+,17-,18-,19-,20-,21-,22+/m1/s1.